The smallest absolute Gasteiger partial charge is 0.123 e. The summed E-state index contributed by atoms with van der Waals surface area (Å²) >= 11 is 0. The van der Waals surface area contributed by atoms with E-state index >= 15 is 0 Å². The molecule has 2 rings (SSSR count). The third-order valence-corrected chi connectivity index (χ3v) is 2.91. The first-order chi connectivity index (χ1) is 8.79. The monoisotopic (exact) mass is 238 g/mol. The number of rotatable bonds is 5. The second kappa shape index (κ2) is 6.06. The maximum absolute atomic E-state index is 5.98. The molecule has 0 aromatic heterocycles. The van der Waals surface area contributed by atoms with Crippen molar-refractivity contribution in [2.75, 3.05) is 0 Å². The number of aryl methyl sites for hydroxylation is 1. The average molecular weight is 238 g/mol. The number of para-hydroxylation sites is 1. The summed E-state index contributed by atoms with van der Waals surface area (Å²) in [5.74, 6) is 0.929. The first-order valence-corrected chi connectivity index (χ1v) is 6.18. The minimum atomic E-state index is 0.00787. The molecule has 0 saturated carbocycles. The average Bonchev–Trinajstić information content (AvgIpc) is 2.41. The molecule has 2 aromatic rings. The summed E-state index contributed by atoms with van der Waals surface area (Å²) < 4.78 is 5.98. The molecule has 0 saturated heterocycles. The molecule has 0 amide bonds. The Kier molecular flexibility index (Phi) is 4.19. The maximum Gasteiger partial charge on any atom is 0.123 e. The van der Waals surface area contributed by atoms with Gasteiger partial charge in [0.2, 0.25) is 0 Å². The van der Waals surface area contributed by atoms with Gasteiger partial charge < -0.3 is 4.74 Å². The molecule has 2 aromatic carbocycles. The van der Waals surface area contributed by atoms with Crippen molar-refractivity contribution in [1.82, 2.24) is 0 Å². The minimum absolute atomic E-state index is 0.00787. The highest BCUT2D eigenvalue weighted by atomic mass is 16.5. The second-order valence-corrected chi connectivity index (χ2v) is 4.35. The van der Waals surface area contributed by atoms with Gasteiger partial charge in [-0.2, -0.15) is 0 Å². The number of hydrogen-bond donors (Lipinski definition) is 0. The Bertz CT molecular complexity index is 502. The van der Waals surface area contributed by atoms with Crippen molar-refractivity contribution >= 4 is 0 Å². The van der Waals surface area contributed by atoms with Gasteiger partial charge in [-0.05, 0) is 24.1 Å². The van der Waals surface area contributed by atoms with Gasteiger partial charge in [0, 0.05) is 6.42 Å². The summed E-state index contributed by atoms with van der Waals surface area (Å²) in [7, 11) is 0. The fraction of sp³-hybridized carbons (Fsp3) is 0.176. The molecule has 1 nitrogen and oxygen atoms in total. The van der Waals surface area contributed by atoms with Crippen LogP contribution in [-0.2, 0) is 6.42 Å². The highest BCUT2D eigenvalue weighted by Crippen LogP contribution is 2.19. The van der Waals surface area contributed by atoms with Gasteiger partial charge in [-0.3, -0.25) is 0 Å². The molecule has 0 fully saturated rings. The summed E-state index contributed by atoms with van der Waals surface area (Å²) in [6.07, 6.45) is 2.71. The molecule has 0 aliphatic carbocycles. The summed E-state index contributed by atoms with van der Waals surface area (Å²) in [6.45, 7) is 5.91. The molecule has 0 aliphatic rings. The number of ether oxygens (including phenoxy) is 1. The number of hydrogen-bond acceptors (Lipinski definition) is 1. The van der Waals surface area contributed by atoms with Crippen LogP contribution in [0.3, 0.4) is 0 Å². The van der Waals surface area contributed by atoms with Crippen molar-refractivity contribution in [3.05, 3.63) is 78.4 Å². The Hall–Kier alpha value is -2.02. The quantitative estimate of drug-likeness (QED) is 0.710. The maximum atomic E-state index is 5.98. The Balaban J connectivity index is 2.07. The molecule has 0 bridgehead atoms. The fourth-order valence-corrected chi connectivity index (χ4v) is 1.87. The largest absolute Gasteiger partial charge is 0.486 e. The van der Waals surface area contributed by atoms with Gasteiger partial charge in [0.25, 0.3) is 0 Å². The van der Waals surface area contributed by atoms with Crippen LogP contribution in [-0.4, -0.2) is 6.10 Å². The standard InChI is InChI=1S/C17H18O/c1-3-16(13-15-10-5-4-6-11-15)18-17-12-8-7-9-14(17)2/h3-12,16H,1,13H2,2H3. The topological polar surface area (TPSA) is 9.23 Å². The van der Waals surface area contributed by atoms with Crippen molar-refractivity contribution in [3.63, 3.8) is 0 Å². The van der Waals surface area contributed by atoms with Crippen molar-refractivity contribution in [3.8, 4) is 5.75 Å². The van der Waals surface area contributed by atoms with Crippen LogP contribution >= 0.6 is 0 Å². The molecule has 0 aliphatic heterocycles. The highest BCUT2D eigenvalue weighted by Gasteiger charge is 2.08. The SMILES string of the molecule is C=CC(Cc1ccccc1)Oc1ccccc1C. The zero-order valence-corrected chi connectivity index (χ0v) is 10.7. The predicted molar refractivity (Wildman–Crippen MR) is 75.9 cm³/mol. The van der Waals surface area contributed by atoms with E-state index in [1.54, 1.807) is 0 Å². The highest BCUT2D eigenvalue weighted by molar-refractivity contribution is 5.32. The lowest BCUT2D eigenvalue weighted by molar-refractivity contribution is 0.248. The number of benzene rings is 2. The molecule has 18 heavy (non-hydrogen) atoms. The fourth-order valence-electron chi connectivity index (χ4n) is 1.87. The van der Waals surface area contributed by atoms with Gasteiger partial charge in [-0.25, -0.2) is 0 Å². The molecule has 0 heterocycles. The van der Waals surface area contributed by atoms with Crippen molar-refractivity contribution < 1.29 is 4.74 Å². The molecule has 0 radical (unpaired) electrons. The second-order valence-electron chi connectivity index (χ2n) is 4.35. The van der Waals surface area contributed by atoms with Crippen LogP contribution in [0.2, 0.25) is 0 Å². The van der Waals surface area contributed by atoms with Crippen LogP contribution in [0.4, 0.5) is 0 Å². The van der Waals surface area contributed by atoms with E-state index < -0.39 is 0 Å². The molecule has 1 atom stereocenters. The minimum Gasteiger partial charge on any atom is -0.486 e. The van der Waals surface area contributed by atoms with E-state index in [2.05, 4.69) is 31.7 Å². The molecule has 1 unspecified atom stereocenters. The summed E-state index contributed by atoms with van der Waals surface area (Å²) in [4.78, 5) is 0. The van der Waals surface area contributed by atoms with E-state index in [1.807, 2.05) is 42.5 Å². The lowest BCUT2D eigenvalue weighted by Gasteiger charge is -2.17. The van der Waals surface area contributed by atoms with Crippen LogP contribution in [0.15, 0.2) is 67.3 Å². The predicted octanol–water partition coefficient (Wildman–Crippen LogP) is 4.17. The Morgan fingerprint density at radius 2 is 1.72 bits per heavy atom. The molecule has 1 heteroatoms. The first kappa shape index (κ1) is 12.4. The third-order valence-electron chi connectivity index (χ3n) is 2.91. The van der Waals surface area contributed by atoms with Crippen LogP contribution in [0.1, 0.15) is 11.1 Å². The normalized spacial score (nSPS) is 11.8. The molecule has 0 spiro atoms. The lowest BCUT2D eigenvalue weighted by Crippen LogP contribution is -2.16. The zero-order chi connectivity index (χ0) is 12.8. The van der Waals surface area contributed by atoms with Gasteiger partial charge in [0.15, 0.2) is 0 Å². The molecular weight excluding hydrogens is 220 g/mol. The van der Waals surface area contributed by atoms with Crippen molar-refractivity contribution in [2.45, 2.75) is 19.4 Å². The van der Waals surface area contributed by atoms with Gasteiger partial charge >= 0.3 is 0 Å². The van der Waals surface area contributed by atoms with E-state index in [1.165, 1.54) is 5.56 Å². The van der Waals surface area contributed by atoms with Gasteiger partial charge in [-0.15, -0.1) is 0 Å². The van der Waals surface area contributed by atoms with E-state index in [0.29, 0.717) is 0 Å². The van der Waals surface area contributed by atoms with Crippen molar-refractivity contribution in [2.24, 2.45) is 0 Å². The van der Waals surface area contributed by atoms with Gasteiger partial charge in [-0.1, -0.05) is 61.2 Å². The van der Waals surface area contributed by atoms with Crippen LogP contribution in [0.5, 0.6) is 5.75 Å². The lowest BCUT2D eigenvalue weighted by atomic mass is 10.1. The van der Waals surface area contributed by atoms with Crippen molar-refractivity contribution in [1.29, 1.82) is 0 Å². The van der Waals surface area contributed by atoms with E-state index in [9.17, 15) is 0 Å². The zero-order valence-electron chi connectivity index (χ0n) is 10.7. The molecule has 0 N–H and O–H groups in total. The third kappa shape index (κ3) is 3.24. The Morgan fingerprint density at radius 3 is 2.39 bits per heavy atom. The van der Waals surface area contributed by atoms with E-state index in [-0.39, 0.29) is 6.10 Å². The van der Waals surface area contributed by atoms with E-state index in [4.69, 9.17) is 4.74 Å². The van der Waals surface area contributed by atoms with Gasteiger partial charge in [0.1, 0.15) is 11.9 Å². The first-order valence-electron chi connectivity index (χ1n) is 6.18. The van der Waals surface area contributed by atoms with Crippen LogP contribution in [0.25, 0.3) is 0 Å². The van der Waals surface area contributed by atoms with E-state index in [0.717, 1.165) is 17.7 Å². The summed E-state index contributed by atoms with van der Waals surface area (Å²) in [5, 5.41) is 0. The van der Waals surface area contributed by atoms with Gasteiger partial charge in [0.05, 0.1) is 0 Å². The molecule has 92 valence electrons. The summed E-state index contributed by atoms with van der Waals surface area (Å²) in [5.41, 5.74) is 2.41. The Labute approximate surface area is 109 Å². The van der Waals surface area contributed by atoms with Crippen LogP contribution < -0.4 is 4.74 Å². The van der Waals surface area contributed by atoms with Crippen LogP contribution in [0, 0.1) is 6.92 Å². The Morgan fingerprint density at radius 1 is 1.06 bits per heavy atom. The summed E-state index contributed by atoms with van der Waals surface area (Å²) in [6, 6.07) is 18.4. The molecular formula is C17H18O.